The van der Waals surface area contributed by atoms with Crippen LogP contribution in [-0.4, -0.2) is 17.2 Å². The molecule has 0 unspecified atom stereocenters. The molecular formula is C15H13ClN2O2. The van der Waals surface area contributed by atoms with Crippen molar-refractivity contribution in [3.63, 3.8) is 0 Å². The summed E-state index contributed by atoms with van der Waals surface area (Å²) in [4.78, 5) is 11.8. The Morgan fingerprint density at radius 2 is 1.95 bits per heavy atom. The van der Waals surface area contributed by atoms with Crippen LogP contribution in [0.25, 0.3) is 0 Å². The van der Waals surface area contributed by atoms with Crippen molar-refractivity contribution in [3.05, 3.63) is 64.2 Å². The third kappa shape index (κ3) is 3.59. The van der Waals surface area contributed by atoms with Crippen molar-refractivity contribution >= 4 is 23.7 Å². The zero-order chi connectivity index (χ0) is 14.5. The van der Waals surface area contributed by atoms with Crippen LogP contribution < -0.4 is 5.43 Å². The molecule has 0 aliphatic heterocycles. The van der Waals surface area contributed by atoms with E-state index in [9.17, 15) is 9.90 Å². The minimum atomic E-state index is -0.317. The summed E-state index contributed by atoms with van der Waals surface area (Å²) in [6, 6.07) is 11.7. The Balaban J connectivity index is 2.04. The molecule has 0 saturated heterocycles. The number of hydrazone groups is 1. The summed E-state index contributed by atoms with van der Waals surface area (Å²) in [6.07, 6.45) is 1.34. The van der Waals surface area contributed by atoms with Crippen LogP contribution in [-0.2, 0) is 0 Å². The summed E-state index contributed by atoms with van der Waals surface area (Å²) in [6.45, 7) is 1.95. The van der Waals surface area contributed by atoms with E-state index in [1.165, 1.54) is 12.3 Å². The van der Waals surface area contributed by atoms with Crippen LogP contribution in [0.3, 0.4) is 0 Å². The molecule has 2 aromatic carbocycles. The van der Waals surface area contributed by atoms with E-state index in [0.29, 0.717) is 16.1 Å². The molecule has 5 heteroatoms. The summed E-state index contributed by atoms with van der Waals surface area (Å²) in [5.74, 6) is -0.273. The van der Waals surface area contributed by atoms with E-state index in [0.717, 1.165) is 5.56 Å². The first-order valence-electron chi connectivity index (χ1n) is 5.95. The number of hydrogen-bond donors (Lipinski definition) is 2. The molecule has 0 saturated carbocycles. The smallest absolute Gasteiger partial charge is 0.271 e. The molecule has 0 aromatic heterocycles. The van der Waals surface area contributed by atoms with E-state index in [-0.39, 0.29) is 11.7 Å². The first kappa shape index (κ1) is 14.1. The zero-order valence-electron chi connectivity index (χ0n) is 10.8. The molecular weight excluding hydrogens is 276 g/mol. The molecule has 1 amide bonds. The van der Waals surface area contributed by atoms with Crippen LogP contribution in [0.15, 0.2) is 47.6 Å². The molecule has 20 heavy (non-hydrogen) atoms. The lowest BCUT2D eigenvalue weighted by Gasteiger charge is -2.01. The first-order valence-corrected chi connectivity index (χ1v) is 6.32. The number of phenolic OH excluding ortho intramolecular Hbond substituents is 1. The van der Waals surface area contributed by atoms with E-state index in [4.69, 9.17) is 11.6 Å². The highest BCUT2D eigenvalue weighted by molar-refractivity contribution is 6.30. The number of phenols is 1. The maximum Gasteiger partial charge on any atom is 0.271 e. The van der Waals surface area contributed by atoms with Gasteiger partial charge in [0.05, 0.1) is 6.21 Å². The van der Waals surface area contributed by atoms with Gasteiger partial charge in [-0.05, 0) is 37.3 Å². The summed E-state index contributed by atoms with van der Waals surface area (Å²) < 4.78 is 0. The molecule has 0 fully saturated rings. The van der Waals surface area contributed by atoms with Crippen LogP contribution in [0.5, 0.6) is 5.75 Å². The van der Waals surface area contributed by atoms with Gasteiger partial charge in [-0.25, -0.2) is 5.43 Å². The van der Waals surface area contributed by atoms with Crippen molar-refractivity contribution in [2.45, 2.75) is 6.92 Å². The van der Waals surface area contributed by atoms with Crippen molar-refractivity contribution in [1.29, 1.82) is 0 Å². The molecule has 2 aromatic rings. The largest absolute Gasteiger partial charge is 0.507 e. The third-order valence-electron chi connectivity index (χ3n) is 2.67. The Morgan fingerprint density at radius 1 is 1.25 bits per heavy atom. The lowest BCUT2D eigenvalue weighted by molar-refractivity contribution is 0.0955. The summed E-state index contributed by atoms with van der Waals surface area (Å²) in [7, 11) is 0. The number of benzene rings is 2. The van der Waals surface area contributed by atoms with Crippen LogP contribution in [0.4, 0.5) is 0 Å². The molecule has 102 valence electrons. The fraction of sp³-hybridized carbons (Fsp3) is 0.0667. The fourth-order valence-electron chi connectivity index (χ4n) is 1.56. The number of halogens is 1. The van der Waals surface area contributed by atoms with Gasteiger partial charge in [-0.2, -0.15) is 5.10 Å². The van der Waals surface area contributed by atoms with Crippen LogP contribution in [0, 0.1) is 6.92 Å². The number of nitrogens with zero attached hydrogens (tertiary/aromatic N) is 1. The standard InChI is InChI=1S/C15H13ClN2O2/c1-10-2-4-11(5-3-10)15(20)18-17-9-12-8-13(16)6-7-14(12)19/h2-9,19H,1H3,(H,18,20)/b17-9+. The van der Waals surface area contributed by atoms with Gasteiger partial charge in [-0.1, -0.05) is 29.3 Å². The summed E-state index contributed by atoms with van der Waals surface area (Å²) in [5, 5.41) is 13.9. The Kier molecular flexibility index (Phi) is 4.38. The molecule has 2 N–H and O–H groups in total. The average molecular weight is 289 g/mol. The molecule has 2 rings (SSSR count). The van der Waals surface area contributed by atoms with E-state index in [1.54, 1.807) is 24.3 Å². The number of carbonyl (C=O) groups excluding carboxylic acids is 1. The number of amides is 1. The molecule has 0 bridgehead atoms. The van der Waals surface area contributed by atoms with Crippen molar-refractivity contribution in [1.82, 2.24) is 5.43 Å². The predicted molar refractivity (Wildman–Crippen MR) is 79.4 cm³/mol. The van der Waals surface area contributed by atoms with Crippen LogP contribution in [0.1, 0.15) is 21.5 Å². The second-order valence-corrected chi connectivity index (χ2v) is 4.70. The van der Waals surface area contributed by atoms with Crippen molar-refractivity contribution < 1.29 is 9.90 Å². The highest BCUT2D eigenvalue weighted by atomic mass is 35.5. The van der Waals surface area contributed by atoms with Gasteiger partial charge in [-0.15, -0.1) is 0 Å². The Labute approximate surface area is 121 Å². The normalized spacial score (nSPS) is 10.7. The maximum absolute atomic E-state index is 11.8. The molecule has 0 aliphatic carbocycles. The third-order valence-corrected chi connectivity index (χ3v) is 2.91. The van der Waals surface area contributed by atoms with Crippen molar-refractivity contribution in [2.75, 3.05) is 0 Å². The molecule has 0 radical (unpaired) electrons. The lowest BCUT2D eigenvalue weighted by Crippen LogP contribution is -2.17. The lowest BCUT2D eigenvalue weighted by atomic mass is 10.1. The Bertz CT molecular complexity index is 651. The number of carbonyl (C=O) groups is 1. The Hall–Kier alpha value is -2.33. The van der Waals surface area contributed by atoms with Crippen molar-refractivity contribution in [2.24, 2.45) is 5.10 Å². The summed E-state index contributed by atoms with van der Waals surface area (Å²) in [5.41, 5.74) is 4.42. The van der Waals surface area contributed by atoms with Gasteiger partial charge in [0.15, 0.2) is 0 Å². The highest BCUT2D eigenvalue weighted by Crippen LogP contribution is 2.19. The van der Waals surface area contributed by atoms with Crippen LogP contribution >= 0.6 is 11.6 Å². The van der Waals surface area contributed by atoms with Gasteiger partial charge in [0.25, 0.3) is 5.91 Å². The van der Waals surface area contributed by atoms with Gasteiger partial charge in [0.1, 0.15) is 5.75 Å². The molecule has 0 spiro atoms. The van der Waals surface area contributed by atoms with Gasteiger partial charge in [0.2, 0.25) is 0 Å². The molecule has 0 atom stereocenters. The zero-order valence-corrected chi connectivity index (χ0v) is 11.6. The molecule has 4 nitrogen and oxygen atoms in total. The monoisotopic (exact) mass is 288 g/mol. The molecule has 0 heterocycles. The number of hydrogen-bond acceptors (Lipinski definition) is 3. The van der Waals surface area contributed by atoms with Crippen molar-refractivity contribution in [3.8, 4) is 5.75 Å². The quantitative estimate of drug-likeness (QED) is 0.673. The van der Waals surface area contributed by atoms with Gasteiger partial charge < -0.3 is 5.11 Å². The number of aromatic hydroxyl groups is 1. The average Bonchev–Trinajstić information content (AvgIpc) is 2.43. The highest BCUT2D eigenvalue weighted by Gasteiger charge is 2.03. The van der Waals surface area contributed by atoms with Gasteiger partial charge in [0, 0.05) is 16.1 Å². The first-order chi connectivity index (χ1) is 9.56. The number of nitrogens with one attached hydrogen (secondary N) is 1. The number of rotatable bonds is 3. The maximum atomic E-state index is 11.8. The minimum Gasteiger partial charge on any atom is -0.507 e. The van der Waals surface area contributed by atoms with Crippen LogP contribution in [0.2, 0.25) is 5.02 Å². The predicted octanol–water partition coefficient (Wildman–Crippen LogP) is 3.12. The van der Waals surface area contributed by atoms with E-state index in [2.05, 4.69) is 10.5 Å². The second kappa shape index (κ2) is 6.21. The van der Waals surface area contributed by atoms with E-state index >= 15 is 0 Å². The Morgan fingerprint density at radius 3 is 2.65 bits per heavy atom. The molecule has 0 aliphatic rings. The summed E-state index contributed by atoms with van der Waals surface area (Å²) >= 11 is 5.81. The fourth-order valence-corrected chi connectivity index (χ4v) is 1.74. The second-order valence-electron chi connectivity index (χ2n) is 4.27. The topological polar surface area (TPSA) is 61.7 Å². The SMILES string of the molecule is Cc1ccc(C(=O)N/N=C/c2cc(Cl)ccc2O)cc1. The van der Waals surface area contributed by atoms with E-state index in [1.807, 2.05) is 19.1 Å². The van der Waals surface area contributed by atoms with E-state index < -0.39 is 0 Å². The minimum absolute atomic E-state index is 0.0442. The van der Waals surface area contributed by atoms with Gasteiger partial charge >= 0.3 is 0 Å². The number of aryl methyl sites for hydroxylation is 1. The van der Waals surface area contributed by atoms with Gasteiger partial charge in [-0.3, -0.25) is 4.79 Å².